The van der Waals surface area contributed by atoms with Gasteiger partial charge in [-0.2, -0.15) is 0 Å². The van der Waals surface area contributed by atoms with E-state index in [2.05, 4.69) is 0 Å². The number of aliphatic hydroxyl groups excluding tert-OH is 2. The van der Waals surface area contributed by atoms with Crippen molar-refractivity contribution < 1.29 is 10.2 Å². The molecule has 64 valence electrons. The van der Waals surface area contributed by atoms with E-state index < -0.39 is 6.10 Å². The Balaban J connectivity index is -0.000000245. The molecule has 0 bridgehead atoms. The summed E-state index contributed by atoms with van der Waals surface area (Å²) in [5.41, 5.74) is 0. The van der Waals surface area contributed by atoms with E-state index in [0.29, 0.717) is 6.42 Å². The van der Waals surface area contributed by atoms with Crippen LogP contribution in [0.15, 0.2) is 12.2 Å². The summed E-state index contributed by atoms with van der Waals surface area (Å²) >= 11 is 0. The summed E-state index contributed by atoms with van der Waals surface area (Å²) in [4.78, 5) is 0. The third kappa shape index (κ3) is 11.1. The molecule has 0 radical (unpaired) electrons. The van der Waals surface area contributed by atoms with Gasteiger partial charge in [-0.1, -0.05) is 12.2 Å². The van der Waals surface area contributed by atoms with Gasteiger partial charge >= 0.3 is 0 Å². The Morgan fingerprint density at radius 3 is 2.20 bits per heavy atom. The van der Waals surface area contributed by atoms with Gasteiger partial charge in [-0.05, 0) is 13.3 Å². The van der Waals surface area contributed by atoms with E-state index >= 15 is 0 Å². The SMILES string of the molecule is CC=CCC(O)CO.Cl.Cl. The standard InChI is InChI=1S/C6H12O2.2ClH/c1-2-3-4-6(8)5-7;;/h2-3,6-8H,4-5H2,1H3;2*1H. The smallest absolute Gasteiger partial charge is 0.0805 e. The molecule has 1 atom stereocenters. The first-order chi connectivity index (χ1) is 3.81. The molecule has 4 heteroatoms. The van der Waals surface area contributed by atoms with E-state index in [1.165, 1.54) is 0 Å². The average Bonchev–Trinajstić information content (AvgIpc) is 1.83. The summed E-state index contributed by atoms with van der Waals surface area (Å²) in [7, 11) is 0. The molecule has 2 N–H and O–H groups in total. The number of hydrogen-bond acceptors (Lipinski definition) is 2. The number of aliphatic hydroxyl groups is 2. The van der Waals surface area contributed by atoms with Crippen molar-refractivity contribution in [2.45, 2.75) is 19.4 Å². The number of halogens is 2. The minimum Gasteiger partial charge on any atom is -0.394 e. The summed E-state index contributed by atoms with van der Waals surface area (Å²) in [6, 6.07) is 0. The van der Waals surface area contributed by atoms with Crippen molar-refractivity contribution in [3.05, 3.63) is 12.2 Å². The van der Waals surface area contributed by atoms with Crippen LogP contribution in [0.3, 0.4) is 0 Å². The second kappa shape index (κ2) is 12.0. The number of rotatable bonds is 3. The summed E-state index contributed by atoms with van der Waals surface area (Å²) < 4.78 is 0. The van der Waals surface area contributed by atoms with Crippen LogP contribution in [0.1, 0.15) is 13.3 Å². The van der Waals surface area contributed by atoms with Gasteiger partial charge in [0.2, 0.25) is 0 Å². The average molecular weight is 189 g/mol. The fourth-order valence-corrected chi connectivity index (χ4v) is 0.368. The van der Waals surface area contributed by atoms with Crippen LogP contribution in [-0.2, 0) is 0 Å². The molecule has 0 aromatic heterocycles. The summed E-state index contributed by atoms with van der Waals surface area (Å²) in [5.74, 6) is 0. The summed E-state index contributed by atoms with van der Waals surface area (Å²) in [5, 5.41) is 17.0. The van der Waals surface area contributed by atoms with Crippen LogP contribution in [0.25, 0.3) is 0 Å². The van der Waals surface area contributed by atoms with Crippen molar-refractivity contribution in [1.82, 2.24) is 0 Å². The van der Waals surface area contributed by atoms with E-state index in [4.69, 9.17) is 10.2 Å². The molecular weight excluding hydrogens is 175 g/mol. The van der Waals surface area contributed by atoms with Crippen LogP contribution in [0.5, 0.6) is 0 Å². The number of hydrogen-bond donors (Lipinski definition) is 2. The Morgan fingerprint density at radius 2 is 1.90 bits per heavy atom. The molecule has 0 saturated heterocycles. The lowest BCUT2D eigenvalue weighted by molar-refractivity contribution is 0.0976. The van der Waals surface area contributed by atoms with E-state index in [0.717, 1.165) is 0 Å². The lowest BCUT2D eigenvalue weighted by Gasteiger charge is -1.99. The van der Waals surface area contributed by atoms with E-state index in [-0.39, 0.29) is 31.4 Å². The van der Waals surface area contributed by atoms with Crippen molar-refractivity contribution in [1.29, 1.82) is 0 Å². The molecular formula is C6H14Cl2O2. The Hall–Kier alpha value is 0.240. The van der Waals surface area contributed by atoms with Gasteiger partial charge in [0.25, 0.3) is 0 Å². The molecule has 0 aliphatic carbocycles. The van der Waals surface area contributed by atoms with Crippen LogP contribution in [0.4, 0.5) is 0 Å². The van der Waals surface area contributed by atoms with Crippen molar-refractivity contribution >= 4 is 24.8 Å². The predicted octanol–water partition coefficient (Wildman–Crippen LogP) is 1.15. The van der Waals surface area contributed by atoms with Gasteiger partial charge in [-0.25, -0.2) is 0 Å². The maximum Gasteiger partial charge on any atom is 0.0805 e. The Kier molecular flexibility index (Phi) is 20.0. The van der Waals surface area contributed by atoms with Gasteiger partial charge in [-0.15, -0.1) is 24.8 Å². The van der Waals surface area contributed by atoms with Crippen LogP contribution in [0.2, 0.25) is 0 Å². The fraction of sp³-hybridized carbons (Fsp3) is 0.667. The van der Waals surface area contributed by atoms with Gasteiger partial charge in [-0.3, -0.25) is 0 Å². The first kappa shape index (κ1) is 16.7. The predicted molar refractivity (Wildman–Crippen MR) is 47.0 cm³/mol. The first-order valence-corrected chi connectivity index (χ1v) is 2.71. The van der Waals surface area contributed by atoms with Crippen LogP contribution >= 0.6 is 24.8 Å². The molecule has 0 saturated carbocycles. The quantitative estimate of drug-likeness (QED) is 0.653. The maximum absolute atomic E-state index is 8.69. The molecule has 10 heavy (non-hydrogen) atoms. The molecule has 0 aromatic carbocycles. The van der Waals surface area contributed by atoms with Crippen molar-refractivity contribution in [2.75, 3.05) is 6.61 Å². The van der Waals surface area contributed by atoms with Gasteiger partial charge in [0.15, 0.2) is 0 Å². The van der Waals surface area contributed by atoms with E-state index in [9.17, 15) is 0 Å². The molecule has 2 nitrogen and oxygen atoms in total. The molecule has 0 spiro atoms. The highest BCUT2D eigenvalue weighted by Gasteiger charge is 1.94. The Morgan fingerprint density at radius 1 is 1.40 bits per heavy atom. The zero-order valence-electron chi connectivity index (χ0n) is 5.86. The zero-order valence-corrected chi connectivity index (χ0v) is 7.49. The van der Waals surface area contributed by atoms with E-state index in [1.54, 1.807) is 0 Å². The summed E-state index contributed by atoms with van der Waals surface area (Å²) in [6.45, 7) is 1.73. The first-order valence-electron chi connectivity index (χ1n) is 2.71. The Bertz CT molecular complexity index is 76.1. The van der Waals surface area contributed by atoms with Crippen molar-refractivity contribution in [2.24, 2.45) is 0 Å². The minimum atomic E-state index is -0.578. The second-order valence-electron chi connectivity index (χ2n) is 1.64. The maximum atomic E-state index is 8.69. The van der Waals surface area contributed by atoms with Crippen molar-refractivity contribution in [3.63, 3.8) is 0 Å². The van der Waals surface area contributed by atoms with Gasteiger partial charge < -0.3 is 10.2 Å². The molecule has 1 unspecified atom stereocenters. The molecule has 0 aromatic rings. The fourth-order valence-electron chi connectivity index (χ4n) is 0.368. The topological polar surface area (TPSA) is 40.5 Å². The highest BCUT2D eigenvalue weighted by Crippen LogP contribution is 1.89. The second-order valence-corrected chi connectivity index (χ2v) is 1.64. The third-order valence-corrected chi connectivity index (χ3v) is 0.855. The molecule has 0 rings (SSSR count). The Labute approximate surface area is 73.8 Å². The van der Waals surface area contributed by atoms with Gasteiger partial charge in [0, 0.05) is 0 Å². The molecule has 0 heterocycles. The molecule has 0 aliphatic rings. The third-order valence-electron chi connectivity index (χ3n) is 0.855. The minimum absolute atomic E-state index is 0. The number of allylic oxidation sites excluding steroid dienone is 1. The lowest BCUT2D eigenvalue weighted by Crippen LogP contribution is -2.09. The van der Waals surface area contributed by atoms with Gasteiger partial charge in [0.1, 0.15) is 0 Å². The monoisotopic (exact) mass is 188 g/mol. The molecule has 0 amide bonds. The lowest BCUT2D eigenvalue weighted by atomic mass is 10.2. The highest BCUT2D eigenvalue weighted by atomic mass is 35.5. The molecule has 0 fully saturated rings. The van der Waals surface area contributed by atoms with E-state index in [1.807, 2.05) is 19.1 Å². The highest BCUT2D eigenvalue weighted by molar-refractivity contribution is 5.85. The van der Waals surface area contributed by atoms with Gasteiger partial charge in [0.05, 0.1) is 12.7 Å². The largest absolute Gasteiger partial charge is 0.394 e. The van der Waals surface area contributed by atoms with Crippen molar-refractivity contribution in [3.8, 4) is 0 Å². The zero-order chi connectivity index (χ0) is 6.41. The van der Waals surface area contributed by atoms with Crippen LogP contribution < -0.4 is 0 Å². The normalized spacial score (nSPS) is 11.9. The van der Waals surface area contributed by atoms with Crippen LogP contribution in [-0.4, -0.2) is 22.9 Å². The summed E-state index contributed by atoms with van der Waals surface area (Å²) in [6.07, 6.45) is 3.64. The van der Waals surface area contributed by atoms with Crippen LogP contribution in [0, 0.1) is 0 Å². The molecule has 0 aliphatic heterocycles.